The van der Waals surface area contributed by atoms with Gasteiger partial charge in [0.05, 0.1) is 11.4 Å². The van der Waals surface area contributed by atoms with Crippen molar-refractivity contribution in [2.24, 2.45) is 25.9 Å². The first kappa shape index (κ1) is 26.6. The summed E-state index contributed by atoms with van der Waals surface area (Å²) in [6.45, 7) is 5.86. The van der Waals surface area contributed by atoms with Crippen LogP contribution in [-0.4, -0.2) is 20.0 Å². The van der Waals surface area contributed by atoms with Crippen LogP contribution in [0.15, 0.2) is 45.3 Å². The monoisotopic (exact) mass is 514 g/mol. The van der Waals surface area contributed by atoms with Gasteiger partial charge < -0.3 is 5.32 Å². The lowest BCUT2D eigenvalue weighted by Gasteiger charge is -2.22. The van der Waals surface area contributed by atoms with Crippen LogP contribution in [0.2, 0.25) is 5.02 Å². The third kappa shape index (κ3) is 6.18. The fourth-order valence-corrected chi connectivity index (χ4v) is 5.06. The molecule has 7 nitrogen and oxygen atoms in total. The highest BCUT2D eigenvalue weighted by Crippen LogP contribution is 2.28. The van der Waals surface area contributed by atoms with E-state index >= 15 is 0 Å². The molecular formula is C26H31ClN4O3S. The Kier molecular flexibility index (Phi) is 8.86. The predicted molar refractivity (Wildman–Crippen MR) is 144 cm³/mol. The quantitative estimate of drug-likeness (QED) is 0.422. The molecule has 0 saturated carbocycles. The van der Waals surface area contributed by atoms with Gasteiger partial charge in [0.15, 0.2) is 5.13 Å². The molecule has 2 heterocycles. The van der Waals surface area contributed by atoms with Crippen molar-refractivity contribution in [3.63, 3.8) is 0 Å². The van der Waals surface area contributed by atoms with E-state index in [1.807, 2.05) is 41.8 Å². The van der Waals surface area contributed by atoms with E-state index in [1.165, 1.54) is 23.0 Å². The van der Waals surface area contributed by atoms with Gasteiger partial charge in [0.1, 0.15) is 0 Å². The molecule has 0 aliphatic rings. The van der Waals surface area contributed by atoms with Crippen LogP contribution >= 0.6 is 22.9 Å². The van der Waals surface area contributed by atoms with Crippen LogP contribution in [0.4, 0.5) is 5.13 Å². The minimum atomic E-state index is -0.360. The van der Waals surface area contributed by atoms with Crippen molar-refractivity contribution in [2.45, 2.75) is 40.0 Å². The molecule has 3 aromatic rings. The van der Waals surface area contributed by atoms with Gasteiger partial charge in [0.2, 0.25) is 5.91 Å². The van der Waals surface area contributed by atoms with Crippen molar-refractivity contribution < 1.29 is 4.79 Å². The molecule has 2 aromatic heterocycles. The van der Waals surface area contributed by atoms with Gasteiger partial charge >= 0.3 is 5.69 Å². The molecule has 1 aromatic carbocycles. The zero-order valence-electron chi connectivity index (χ0n) is 20.7. The van der Waals surface area contributed by atoms with Crippen LogP contribution in [-0.2, 0) is 18.9 Å². The minimum Gasteiger partial charge on any atom is -0.302 e. The number of aromatic nitrogens is 3. The molecule has 0 radical (unpaired) electrons. The summed E-state index contributed by atoms with van der Waals surface area (Å²) in [5, 5.41) is 6.06. The maximum Gasteiger partial charge on any atom is 0.330 e. The first-order valence-corrected chi connectivity index (χ1v) is 12.9. The normalized spacial score (nSPS) is 13.2. The third-order valence-electron chi connectivity index (χ3n) is 6.39. The van der Waals surface area contributed by atoms with E-state index in [4.69, 9.17) is 11.6 Å². The van der Waals surface area contributed by atoms with E-state index in [0.29, 0.717) is 27.8 Å². The highest BCUT2D eigenvalue weighted by molar-refractivity contribution is 7.14. The fourth-order valence-electron chi connectivity index (χ4n) is 4.20. The smallest absolute Gasteiger partial charge is 0.302 e. The van der Waals surface area contributed by atoms with Crippen LogP contribution in [0.25, 0.3) is 17.3 Å². The second-order valence-electron chi connectivity index (χ2n) is 8.61. The van der Waals surface area contributed by atoms with Crippen molar-refractivity contribution in [1.82, 2.24) is 14.1 Å². The number of benzene rings is 1. The summed E-state index contributed by atoms with van der Waals surface area (Å²) >= 11 is 7.34. The minimum absolute atomic E-state index is 0.0853. The van der Waals surface area contributed by atoms with Crippen molar-refractivity contribution in [3.8, 4) is 11.3 Å². The molecule has 0 spiro atoms. The molecule has 9 heteroatoms. The maximum absolute atomic E-state index is 12.8. The molecule has 0 aliphatic carbocycles. The lowest BCUT2D eigenvalue weighted by molar-refractivity contribution is -0.117. The van der Waals surface area contributed by atoms with Gasteiger partial charge in [-0.25, -0.2) is 9.78 Å². The number of amides is 1. The van der Waals surface area contributed by atoms with Crippen molar-refractivity contribution in [1.29, 1.82) is 0 Å². The Morgan fingerprint density at radius 3 is 2.46 bits per heavy atom. The van der Waals surface area contributed by atoms with E-state index in [1.54, 1.807) is 14.0 Å². The van der Waals surface area contributed by atoms with Gasteiger partial charge in [0.25, 0.3) is 5.56 Å². The summed E-state index contributed by atoms with van der Waals surface area (Å²) in [6, 6.07) is 7.42. The number of allylic oxidation sites excluding steroid dienone is 1. The average Bonchev–Trinajstić information content (AvgIpc) is 3.31. The highest BCUT2D eigenvalue weighted by Gasteiger charge is 2.21. The Morgan fingerprint density at radius 2 is 1.83 bits per heavy atom. The first-order valence-electron chi connectivity index (χ1n) is 11.6. The Labute approximate surface area is 214 Å². The Morgan fingerprint density at radius 1 is 1.14 bits per heavy atom. The topological polar surface area (TPSA) is 86.0 Å². The Hall–Kier alpha value is -2.97. The maximum atomic E-state index is 12.8. The summed E-state index contributed by atoms with van der Waals surface area (Å²) in [5.74, 6) is 0.138. The molecule has 186 valence electrons. The number of anilines is 1. The highest BCUT2D eigenvalue weighted by atomic mass is 35.5. The van der Waals surface area contributed by atoms with E-state index in [9.17, 15) is 14.4 Å². The summed E-state index contributed by atoms with van der Waals surface area (Å²) in [7, 11) is 3.14. The van der Waals surface area contributed by atoms with E-state index < -0.39 is 0 Å². The van der Waals surface area contributed by atoms with Crippen molar-refractivity contribution in [2.75, 3.05) is 5.32 Å². The zero-order chi connectivity index (χ0) is 25.7. The number of carbonyl (C=O) groups is 1. The number of halogens is 1. The number of hydrogen-bond donors (Lipinski definition) is 1. The summed E-state index contributed by atoms with van der Waals surface area (Å²) in [5.41, 5.74) is 2.18. The molecule has 35 heavy (non-hydrogen) atoms. The molecular weight excluding hydrogens is 484 g/mol. The average molecular weight is 515 g/mol. The second kappa shape index (κ2) is 11.6. The molecule has 0 aliphatic heterocycles. The fraction of sp³-hybridized carbons (Fsp3) is 0.385. The number of rotatable bonds is 9. The number of carbonyl (C=O) groups excluding carboxylic acids is 1. The van der Waals surface area contributed by atoms with E-state index in [2.05, 4.69) is 24.1 Å². The van der Waals surface area contributed by atoms with Gasteiger partial charge in [-0.15, -0.1) is 11.3 Å². The Balaban J connectivity index is 1.71. The van der Waals surface area contributed by atoms with Crippen LogP contribution in [0.5, 0.6) is 0 Å². The standard InChI is InChI=1S/C26H31ClN4O3S/c1-6-17(10-13-22-16(3)24(33)31(5)26(34)30(22)4)18(7-2)14-23(32)29-25-28-21(15-35-25)19-8-11-20(27)12-9-19/h8-13,15,17-18H,6-7,14H2,1-5H3,(H,28,29,32). The van der Waals surface area contributed by atoms with E-state index in [0.717, 1.165) is 28.7 Å². The molecule has 2 atom stereocenters. The number of hydrogen-bond acceptors (Lipinski definition) is 5. The van der Waals surface area contributed by atoms with E-state index in [-0.39, 0.29) is 29.0 Å². The van der Waals surface area contributed by atoms with Crippen LogP contribution in [0.1, 0.15) is 44.4 Å². The number of nitrogens with one attached hydrogen (secondary N) is 1. The molecule has 1 amide bonds. The summed E-state index contributed by atoms with van der Waals surface area (Å²) < 4.78 is 2.59. The van der Waals surface area contributed by atoms with Crippen LogP contribution in [0, 0.1) is 18.8 Å². The van der Waals surface area contributed by atoms with Gasteiger partial charge in [-0.3, -0.25) is 18.7 Å². The second-order valence-corrected chi connectivity index (χ2v) is 9.91. The van der Waals surface area contributed by atoms with Crippen molar-refractivity contribution >= 4 is 40.1 Å². The predicted octanol–water partition coefficient (Wildman–Crippen LogP) is 5.26. The van der Waals surface area contributed by atoms with Gasteiger partial charge in [-0.1, -0.05) is 50.1 Å². The van der Waals surface area contributed by atoms with Crippen LogP contribution in [0.3, 0.4) is 0 Å². The molecule has 0 fully saturated rings. The number of nitrogens with zero attached hydrogens (tertiary/aromatic N) is 3. The molecule has 1 N–H and O–H groups in total. The summed E-state index contributed by atoms with van der Waals surface area (Å²) in [6.07, 6.45) is 5.86. The van der Waals surface area contributed by atoms with Crippen molar-refractivity contribution in [3.05, 3.63) is 72.8 Å². The van der Waals surface area contributed by atoms with Crippen LogP contribution < -0.4 is 16.6 Å². The molecule has 3 rings (SSSR count). The lowest BCUT2D eigenvalue weighted by atomic mass is 9.84. The van der Waals surface area contributed by atoms with Gasteiger partial charge in [0, 0.05) is 42.0 Å². The molecule has 0 saturated heterocycles. The molecule has 2 unspecified atom stereocenters. The summed E-state index contributed by atoms with van der Waals surface area (Å²) in [4.78, 5) is 42.0. The largest absolute Gasteiger partial charge is 0.330 e. The first-order chi connectivity index (χ1) is 16.7. The number of thiazole rings is 1. The third-order valence-corrected chi connectivity index (χ3v) is 7.40. The zero-order valence-corrected chi connectivity index (χ0v) is 22.2. The SMILES string of the molecule is CCC(C=Cc1c(C)c(=O)n(C)c(=O)n1C)C(CC)CC(=O)Nc1nc(-c2ccc(Cl)cc2)cs1. The van der Waals surface area contributed by atoms with Gasteiger partial charge in [-0.2, -0.15) is 0 Å². The molecule has 0 bridgehead atoms. The lowest BCUT2D eigenvalue weighted by Crippen LogP contribution is -2.39. The Bertz CT molecular complexity index is 1300. The van der Waals surface area contributed by atoms with Gasteiger partial charge in [-0.05, 0) is 43.4 Å².